The summed E-state index contributed by atoms with van der Waals surface area (Å²) < 4.78 is 16.5. The first-order valence-electron chi connectivity index (χ1n) is 7.31. The van der Waals surface area contributed by atoms with Crippen LogP contribution in [0.1, 0.15) is 36.4 Å². The van der Waals surface area contributed by atoms with Crippen LogP contribution in [0.15, 0.2) is 28.8 Å². The van der Waals surface area contributed by atoms with E-state index in [0.717, 1.165) is 35.9 Å². The van der Waals surface area contributed by atoms with E-state index in [2.05, 4.69) is 23.5 Å². The van der Waals surface area contributed by atoms with Crippen molar-refractivity contribution in [3.63, 3.8) is 0 Å². The van der Waals surface area contributed by atoms with Gasteiger partial charge in [0, 0.05) is 17.7 Å². The number of nitrogens with one attached hydrogen (secondary N) is 1. The molecule has 21 heavy (non-hydrogen) atoms. The van der Waals surface area contributed by atoms with Crippen molar-refractivity contribution in [2.24, 2.45) is 0 Å². The number of benzene rings is 1. The van der Waals surface area contributed by atoms with Gasteiger partial charge >= 0.3 is 0 Å². The Bertz CT molecular complexity index is 609. The number of aromatic nitrogens is 1. The van der Waals surface area contributed by atoms with Crippen molar-refractivity contribution < 1.29 is 14.0 Å². The molecule has 0 fully saturated rings. The van der Waals surface area contributed by atoms with Crippen molar-refractivity contribution in [1.29, 1.82) is 0 Å². The highest BCUT2D eigenvalue weighted by molar-refractivity contribution is 5.45. The molecule has 0 spiro atoms. The van der Waals surface area contributed by atoms with Crippen LogP contribution >= 0.6 is 0 Å². The lowest BCUT2D eigenvalue weighted by molar-refractivity contribution is 0.284. The van der Waals surface area contributed by atoms with Crippen LogP contribution in [0.4, 0.5) is 0 Å². The molecule has 5 heteroatoms. The third-order valence-corrected chi connectivity index (χ3v) is 3.47. The molecule has 5 nitrogen and oxygen atoms in total. The molecule has 2 heterocycles. The summed E-state index contributed by atoms with van der Waals surface area (Å²) in [5.74, 6) is 2.47. The molecule has 0 radical (unpaired) electrons. The van der Waals surface area contributed by atoms with E-state index >= 15 is 0 Å². The van der Waals surface area contributed by atoms with E-state index in [1.54, 1.807) is 0 Å². The fourth-order valence-corrected chi connectivity index (χ4v) is 2.41. The number of ether oxygens (including phenoxy) is 2. The quantitative estimate of drug-likeness (QED) is 0.885. The Morgan fingerprint density at radius 3 is 3.05 bits per heavy atom. The Kier molecular flexibility index (Phi) is 4.10. The van der Waals surface area contributed by atoms with Gasteiger partial charge in [-0.05, 0) is 32.0 Å². The van der Waals surface area contributed by atoms with Crippen molar-refractivity contribution in [3.8, 4) is 11.5 Å². The topological polar surface area (TPSA) is 56.5 Å². The zero-order valence-electron chi connectivity index (χ0n) is 12.4. The zero-order chi connectivity index (χ0) is 14.7. The summed E-state index contributed by atoms with van der Waals surface area (Å²) >= 11 is 0. The van der Waals surface area contributed by atoms with Gasteiger partial charge in [0.25, 0.3) is 0 Å². The minimum absolute atomic E-state index is 0.284. The van der Waals surface area contributed by atoms with Crippen LogP contribution in [0, 0.1) is 6.92 Å². The molecular weight excluding hydrogens is 268 g/mol. The Morgan fingerprint density at radius 2 is 2.29 bits per heavy atom. The molecule has 112 valence electrons. The van der Waals surface area contributed by atoms with Crippen LogP contribution in [0.5, 0.6) is 11.5 Å². The van der Waals surface area contributed by atoms with Gasteiger partial charge in [0.2, 0.25) is 0 Å². The smallest absolute Gasteiger partial charge is 0.134 e. The molecule has 1 aromatic carbocycles. The Balaban J connectivity index is 1.64. The number of hydrogen-bond donors (Lipinski definition) is 1. The van der Waals surface area contributed by atoms with Crippen molar-refractivity contribution >= 4 is 0 Å². The molecule has 0 saturated carbocycles. The van der Waals surface area contributed by atoms with Crippen LogP contribution in [-0.2, 0) is 6.61 Å². The number of rotatable bonds is 6. The van der Waals surface area contributed by atoms with Gasteiger partial charge in [-0.25, -0.2) is 0 Å². The number of aryl methyl sites for hydroxylation is 1. The van der Waals surface area contributed by atoms with E-state index in [1.807, 2.05) is 25.1 Å². The Labute approximate surface area is 124 Å². The van der Waals surface area contributed by atoms with E-state index in [0.29, 0.717) is 13.2 Å². The molecule has 3 rings (SSSR count). The van der Waals surface area contributed by atoms with Crippen LogP contribution in [-0.4, -0.2) is 18.3 Å². The molecule has 0 aliphatic carbocycles. The second-order valence-corrected chi connectivity index (χ2v) is 5.23. The largest absolute Gasteiger partial charge is 0.491 e. The Morgan fingerprint density at radius 1 is 1.38 bits per heavy atom. The molecule has 2 aromatic rings. The third kappa shape index (κ3) is 3.19. The van der Waals surface area contributed by atoms with Gasteiger partial charge in [-0.3, -0.25) is 0 Å². The molecule has 1 aromatic heterocycles. The monoisotopic (exact) mass is 288 g/mol. The van der Waals surface area contributed by atoms with Gasteiger partial charge in [0.05, 0.1) is 6.04 Å². The minimum atomic E-state index is 0.284. The molecule has 0 bridgehead atoms. The van der Waals surface area contributed by atoms with Crippen LogP contribution in [0.3, 0.4) is 0 Å². The number of hydrogen-bond acceptors (Lipinski definition) is 5. The molecule has 1 N–H and O–H groups in total. The predicted molar refractivity (Wildman–Crippen MR) is 78.5 cm³/mol. The normalized spacial score (nSPS) is 16.6. The lowest BCUT2D eigenvalue weighted by atomic mass is 10.1. The maximum Gasteiger partial charge on any atom is 0.134 e. The molecule has 1 unspecified atom stereocenters. The maximum atomic E-state index is 5.73. The van der Waals surface area contributed by atoms with Gasteiger partial charge in [-0.15, -0.1) is 0 Å². The second-order valence-electron chi connectivity index (χ2n) is 5.23. The summed E-state index contributed by atoms with van der Waals surface area (Å²) in [5, 5.41) is 7.39. The van der Waals surface area contributed by atoms with Gasteiger partial charge < -0.3 is 19.3 Å². The summed E-state index contributed by atoms with van der Waals surface area (Å²) in [6.45, 7) is 6.10. The van der Waals surface area contributed by atoms with Gasteiger partial charge in [0.1, 0.15) is 36.2 Å². The first-order chi connectivity index (χ1) is 10.3. The van der Waals surface area contributed by atoms with Gasteiger partial charge in [-0.2, -0.15) is 0 Å². The fourth-order valence-electron chi connectivity index (χ4n) is 2.41. The predicted octanol–water partition coefficient (Wildman–Crippen LogP) is 3.00. The molecular formula is C16H20N2O3. The summed E-state index contributed by atoms with van der Waals surface area (Å²) in [6.07, 6.45) is 1.12. The minimum Gasteiger partial charge on any atom is -0.491 e. The van der Waals surface area contributed by atoms with E-state index in [-0.39, 0.29) is 6.04 Å². The zero-order valence-corrected chi connectivity index (χ0v) is 12.4. The maximum absolute atomic E-state index is 5.73. The average molecular weight is 288 g/mol. The highest BCUT2D eigenvalue weighted by atomic mass is 16.5. The SMILES string of the molecule is CCCNC1COc2cc(OCc3cc(C)on3)ccc21. The first-order valence-corrected chi connectivity index (χ1v) is 7.31. The molecule has 1 atom stereocenters. The molecule has 0 saturated heterocycles. The summed E-state index contributed by atoms with van der Waals surface area (Å²) in [4.78, 5) is 0. The van der Waals surface area contributed by atoms with Crippen LogP contribution in [0.25, 0.3) is 0 Å². The highest BCUT2D eigenvalue weighted by Gasteiger charge is 2.23. The Hall–Kier alpha value is -2.01. The van der Waals surface area contributed by atoms with Gasteiger partial charge in [0.15, 0.2) is 0 Å². The van der Waals surface area contributed by atoms with E-state index in [9.17, 15) is 0 Å². The lowest BCUT2D eigenvalue weighted by Crippen LogP contribution is -2.22. The molecule has 1 aliphatic heterocycles. The van der Waals surface area contributed by atoms with Crippen molar-refractivity contribution in [2.75, 3.05) is 13.2 Å². The van der Waals surface area contributed by atoms with Crippen molar-refractivity contribution in [2.45, 2.75) is 32.9 Å². The number of fused-ring (bicyclic) bond motifs is 1. The lowest BCUT2D eigenvalue weighted by Gasteiger charge is -2.10. The fraction of sp³-hybridized carbons (Fsp3) is 0.438. The third-order valence-electron chi connectivity index (χ3n) is 3.47. The standard InChI is InChI=1S/C16H20N2O3/c1-3-6-17-15-10-20-16-8-13(4-5-14(15)16)19-9-12-7-11(2)21-18-12/h4-5,7-8,15,17H,3,6,9-10H2,1-2H3. The van der Waals surface area contributed by atoms with E-state index < -0.39 is 0 Å². The van der Waals surface area contributed by atoms with Gasteiger partial charge in [-0.1, -0.05) is 12.1 Å². The van der Waals surface area contributed by atoms with Crippen molar-refractivity contribution in [1.82, 2.24) is 10.5 Å². The van der Waals surface area contributed by atoms with Crippen LogP contribution in [0.2, 0.25) is 0 Å². The summed E-state index contributed by atoms with van der Waals surface area (Å²) in [5.41, 5.74) is 1.99. The van der Waals surface area contributed by atoms with E-state index in [4.69, 9.17) is 14.0 Å². The highest BCUT2D eigenvalue weighted by Crippen LogP contribution is 2.35. The molecule has 1 aliphatic rings. The average Bonchev–Trinajstić information content (AvgIpc) is 3.09. The first kappa shape index (κ1) is 13.9. The van der Waals surface area contributed by atoms with Crippen molar-refractivity contribution in [3.05, 3.63) is 41.3 Å². The summed E-state index contributed by atoms with van der Waals surface area (Å²) in [7, 11) is 0. The van der Waals surface area contributed by atoms with E-state index in [1.165, 1.54) is 5.56 Å². The second kappa shape index (κ2) is 6.18. The van der Waals surface area contributed by atoms with Crippen LogP contribution < -0.4 is 14.8 Å². The number of nitrogens with zero attached hydrogens (tertiary/aromatic N) is 1. The summed E-state index contributed by atoms with van der Waals surface area (Å²) in [6, 6.07) is 8.14. The molecule has 0 amide bonds.